The Hall–Kier alpha value is -2.24. The molecule has 1 N–H and O–H groups in total. The quantitative estimate of drug-likeness (QED) is 0.939. The van der Waals surface area contributed by atoms with Gasteiger partial charge in [-0.05, 0) is 43.7 Å². The Morgan fingerprint density at radius 2 is 1.92 bits per heavy atom. The van der Waals surface area contributed by atoms with Crippen LogP contribution in [-0.2, 0) is 11.3 Å². The Balaban J connectivity index is 1.65. The van der Waals surface area contributed by atoms with Gasteiger partial charge in [0, 0.05) is 43.3 Å². The first-order valence-electron chi connectivity index (χ1n) is 8.28. The summed E-state index contributed by atoms with van der Waals surface area (Å²) in [6, 6.07) is 11.4. The molecule has 3 rings (SSSR count). The van der Waals surface area contributed by atoms with E-state index in [0.717, 1.165) is 25.3 Å². The van der Waals surface area contributed by atoms with Crippen LogP contribution in [0, 0.1) is 0 Å². The third-order valence-electron chi connectivity index (χ3n) is 4.03. The molecule has 1 aromatic heterocycles. The molecular formula is C19H23N3O2. The first-order valence-corrected chi connectivity index (χ1v) is 8.28. The number of benzene rings is 1. The molecule has 2 atom stereocenters. The highest BCUT2D eigenvalue weighted by molar-refractivity contribution is 6.04. The smallest absolute Gasteiger partial charge is 0.255 e. The fraction of sp³-hybridized carbons (Fsp3) is 0.368. The van der Waals surface area contributed by atoms with Gasteiger partial charge in [0.15, 0.2) is 0 Å². The van der Waals surface area contributed by atoms with E-state index in [1.165, 1.54) is 5.56 Å². The molecular weight excluding hydrogens is 302 g/mol. The molecule has 1 aliphatic heterocycles. The number of ether oxygens (including phenoxy) is 1. The Morgan fingerprint density at radius 3 is 2.62 bits per heavy atom. The number of carbonyl (C=O) groups excluding carboxylic acids is 1. The monoisotopic (exact) mass is 325 g/mol. The number of morpholine rings is 1. The van der Waals surface area contributed by atoms with Crippen molar-refractivity contribution in [1.82, 2.24) is 9.88 Å². The van der Waals surface area contributed by atoms with Gasteiger partial charge >= 0.3 is 0 Å². The lowest BCUT2D eigenvalue weighted by molar-refractivity contribution is -0.0704. The zero-order valence-electron chi connectivity index (χ0n) is 14.1. The summed E-state index contributed by atoms with van der Waals surface area (Å²) in [6.45, 7) is 6.93. The van der Waals surface area contributed by atoms with E-state index >= 15 is 0 Å². The molecule has 0 saturated carbocycles. The minimum Gasteiger partial charge on any atom is -0.373 e. The fourth-order valence-corrected chi connectivity index (χ4v) is 3.13. The maximum Gasteiger partial charge on any atom is 0.255 e. The first kappa shape index (κ1) is 16.6. The predicted molar refractivity (Wildman–Crippen MR) is 93.9 cm³/mol. The van der Waals surface area contributed by atoms with Crippen LogP contribution in [0.25, 0.3) is 0 Å². The lowest BCUT2D eigenvalue weighted by Gasteiger charge is -2.35. The van der Waals surface area contributed by atoms with Gasteiger partial charge in [-0.25, -0.2) is 0 Å². The Bertz CT molecular complexity index is 680. The van der Waals surface area contributed by atoms with Crippen molar-refractivity contribution in [3.63, 3.8) is 0 Å². The number of anilines is 1. The summed E-state index contributed by atoms with van der Waals surface area (Å²) in [5, 5.41) is 2.94. The minimum absolute atomic E-state index is 0.122. The molecule has 1 fully saturated rings. The summed E-state index contributed by atoms with van der Waals surface area (Å²) in [6.07, 6.45) is 3.74. The third-order valence-corrected chi connectivity index (χ3v) is 4.03. The van der Waals surface area contributed by atoms with Crippen molar-refractivity contribution in [2.75, 3.05) is 18.4 Å². The van der Waals surface area contributed by atoms with Gasteiger partial charge in [-0.15, -0.1) is 0 Å². The molecule has 1 saturated heterocycles. The van der Waals surface area contributed by atoms with E-state index in [1.54, 1.807) is 24.5 Å². The zero-order chi connectivity index (χ0) is 16.9. The molecule has 1 amide bonds. The van der Waals surface area contributed by atoms with E-state index in [-0.39, 0.29) is 18.1 Å². The van der Waals surface area contributed by atoms with Gasteiger partial charge in [0.2, 0.25) is 0 Å². The summed E-state index contributed by atoms with van der Waals surface area (Å²) < 4.78 is 5.78. The van der Waals surface area contributed by atoms with Crippen molar-refractivity contribution in [2.24, 2.45) is 0 Å². The van der Waals surface area contributed by atoms with Crippen LogP contribution in [0.5, 0.6) is 0 Å². The van der Waals surface area contributed by atoms with Gasteiger partial charge in [0.05, 0.1) is 12.2 Å². The molecule has 5 nitrogen and oxygen atoms in total. The molecule has 0 bridgehead atoms. The lowest BCUT2D eigenvalue weighted by Crippen LogP contribution is -2.44. The van der Waals surface area contributed by atoms with E-state index in [0.29, 0.717) is 5.56 Å². The molecule has 1 aliphatic rings. The number of carbonyl (C=O) groups is 1. The summed E-state index contributed by atoms with van der Waals surface area (Å²) in [4.78, 5) is 18.6. The van der Waals surface area contributed by atoms with Gasteiger partial charge in [0.1, 0.15) is 0 Å². The largest absolute Gasteiger partial charge is 0.373 e. The molecule has 5 heteroatoms. The summed E-state index contributed by atoms with van der Waals surface area (Å²) in [5.41, 5.74) is 2.60. The highest BCUT2D eigenvalue weighted by Gasteiger charge is 2.22. The lowest BCUT2D eigenvalue weighted by atomic mass is 10.1. The van der Waals surface area contributed by atoms with Crippen molar-refractivity contribution in [3.8, 4) is 0 Å². The second-order valence-corrected chi connectivity index (χ2v) is 6.34. The maximum atomic E-state index is 12.2. The van der Waals surface area contributed by atoms with Crippen LogP contribution in [0.1, 0.15) is 29.8 Å². The van der Waals surface area contributed by atoms with Gasteiger partial charge in [-0.1, -0.05) is 12.1 Å². The summed E-state index contributed by atoms with van der Waals surface area (Å²) in [7, 11) is 0. The standard InChI is InChI=1S/C19H23N3O2/c1-14-11-22(12-15(2)24-14)13-16-4-3-5-18(10-16)21-19(23)17-6-8-20-9-7-17/h3-10,14-15H,11-13H2,1-2H3,(H,21,23). The summed E-state index contributed by atoms with van der Waals surface area (Å²) in [5.74, 6) is -0.122. The molecule has 0 aliphatic carbocycles. The Morgan fingerprint density at radius 1 is 1.21 bits per heavy atom. The third kappa shape index (κ3) is 4.40. The highest BCUT2D eigenvalue weighted by atomic mass is 16.5. The molecule has 24 heavy (non-hydrogen) atoms. The number of hydrogen-bond donors (Lipinski definition) is 1. The highest BCUT2D eigenvalue weighted by Crippen LogP contribution is 2.17. The van der Waals surface area contributed by atoms with Crippen LogP contribution in [0.2, 0.25) is 0 Å². The molecule has 0 radical (unpaired) electrons. The number of aromatic nitrogens is 1. The molecule has 2 unspecified atom stereocenters. The second-order valence-electron chi connectivity index (χ2n) is 6.34. The normalized spacial score (nSPS) is 21.4. The predicted octanol–water partition coefficient (Wildman–Crippen LogP) is 2.94. The van der Waals surface area contributed by atoms with Crippen LogP contribution < -0.4 is 5.32 Å². The van der Waals surface area contributed by atoms with Crippen LogP contribution in [0.3, 0.4) is 0 Å². The zero-order valence-corrected chi connectivity index (χ0v) is 14.1. The number of rotatable bonds is 4. The summed E-state index contributed by atoms with van der Waals surface area (Å²) >= 11 is 0. The number of nitrogens with one attached hydrogen (secondary N) is 1. The van der Waals surface area contributed by atoms with E-state index < -0.39 is 0 Å². The maximum absolute atomic E-state index is 12.2. The van der Waals surface area contributed by atoms with Crippen molar-refractivity contribution in [1.29, 1.82) is 0 Å². The van der Waals surface area contributed by atoms with Crippen LogP contribution in [0.15, 0.2) is 48.8 Å². The topological polar surface area (TPSA) is 54.5 Å². The number of amides is 1. The van der Waals surface area contributed by atoms with Crippen molar-refractivity contribution in [3.05, 3.63) is 59.9 Å². The van der Waals surface area contributed by atoms with Crippen molar-refractivity contribution >= 4 is 11.6 Å². The van der Waals surface area contributed by atoms with Crippen molar-refractivity contribution in [2.45, 2.75) is 32.6 Å². The number of pyridine rings is 1. The van der Waals surface area contributed by atoms with Gasteiger partial charge in [0.25, 0.3) is 5.91 Å². The van der Waals surface area contributed by atoms with Crippen LogP contribution in [0.4, 0.5) is 5.69 Å². The fourth-order valence-electron chi connectivity index (χ4n) is 3.13. The average Bonchev–Trinajstić information content (AvgIpc) is 2.55. The molecule has 2 heterocycles. The van der Waals surface area contributed by atoms with Crippen molar-refractivity contribution < 1.29 is 9.53 Å². The minimum atomic E-state index is -0.122. The average molecular weight is 325 g/mol. The first-order chi connectivity index (χ1) is 11.6. The van der Waals surface area contributed by atoms with E-state index in [9.17, 15) is 4.79 Å². The van der Waals surface area contributed by atoms with Gasteiger partial charge < -0.3 is 10.1 Å². The SMILES string of the molecule is CC1CN(Cc2cccc(NC(=O)c3ccncc3)c2)CC(C)O1. The van der Waals surface area contributed by atoms with E-state index in [2.05, 4.69) is 35.1 Å². The Labute approximate surface area is 142 Å². The van der Waals surface area contributed by atoms with Gasteiger partial charge in [-0.2, -0.15) is 0 Å². The second kappa shape index (κ2) is 7.55. The van der Waals surface area contributed by atoms with E-state index in [1.807, 2.05) is 18.2 Å². The number of nitrogens with zero attached hydrogens (tertiary/aromatic N) is 2. The van der Waals surface area contributed by atoms with Gasteiger partial charge in [-0.3, -0.25) is 14.7 Å². The Kier molecular flexibility index (Phi) is 5.23. The molecule has 1 aromatic carbocycles. The molecule has 126 valence electrons. The van der Waals surface area contributed by atoms with E-state index in [4.69, 9.17) is 4.74 Å². The number of hydrogen-bond acceptors (Lipinski definition) is 4. The van der Waals surface area contributed by atoms with Crippen LogP contribution >= 0.6 is 0 Å². The molecule has 0 spiro atoms. The van der Waals surface area contributed by atoms with Crippen LogP contribution in [-0.4, -0.2) is 41.1 Å². The molecule has 2 aromatic rings.